The maximum atomic E-state index is 12.1. The molecule has 0 saturated heterocycles. The zero-order valence-electron chi connectivity index (χ0n) is 14.0. The number of hydrogen-bond donors (Lipinski definition) is 2. The average Bonchev–Trinajstić information content (AvgIpc) is 2.91. The smallest absolute Gasteiger partial charge is 0.319 e. The van der Waals surface area contributed by atoms with Crippen LogP contribution in [0.2, 0.25) is 0 Å². The highest BCUT2D eigenvalue weighted by Gasteiger charge is 2.09. The Kier molecular flexibility index (Phi) is 6.12. The molecule has 2 aromatic rings. The highest BCUT2D eigenvalue weighted by atomic mass is 32.1. The number of aromatic nitrogens is 1. The third-order valence-corrected chi connectivity index (χ3v) is 4.27. The average molecular weight is 333 g/mol. The molecule has 2 amide bonds. The van der Waals surface area contributed by atoms with Gasteiger partial charge in [-0.15, -0.1) is 11.3 Å². The molecule has 0 fully saturated rings. The van der Waals surface area contributed by atoms with E-state index in [0.717, 1.165) is 26.7 Å². The van der Waals surface area contributed by atoms with Crippen LogP contribution in [0.3, 0.4) is 0 Å². The van der Waals surface area contributed by atoms with E-state index < -0.39 is 0 Å². The van der Waals surface area contributed by atoms with Gasteiger partial charge in [0.2, 0.25) is 0 Å². The summed E-state index contributed by atoms with van der Waals surface area (Å²) >= 11 is 1.58. The van der Waals surface area contributed by atoms with Crippen molar-refractivity contribution < 1.29 is 9.53 Å². The topological polar surface area (TPSA) is 63.2 Å². The molecular formula is C17H23N3O2S. The van der Waals surface area contributed by atoms with E-state index in [-0.39, 0.29) is 12.1 Å². The van der Waals surface area contributed by atoms with Crippen LogP contribution in [0.25, 0.3) is 0 Å². The van der Waals surface area contributed by atoms with Crippen molar-refractivity contribution in [1.29, 1.82) is 0 Å². The fraction of sp³-hybridized carbons (Fsp3) is 0.412. The van der Waals surface area contributed by atoms with Gasteiger partial charge in [0.1, 0.15) is 0 Å². The van der Waals surface area contributed by atoms with E-state index in [4.69, 9.17) is 4.74 Å². The fourth-order valence-corrected chi connectivity index (χ4v) is 2.79. The standard InChI is InChI=1S/C17H23N3O2S/c1-11(2)22-10-14-6-5-7-16(12(14)3)20-17(21)19-9-15-8-18-13(4)23-15/h5-8,11H,9-10H2,1-4H3,(H2,19,20,21). The second-order valence-electron chi connectivity index (χ2n) is 5.60. The SMILES string of the molecule is Cc1ncc(CNC(=O)Nc2cccc(COC(C)C)c2C)s1. The number of nitrogens with zero attached hydrogens (tertiary/aromatic N) is 1. The van der Waals surface area contributed by atoms with Gasteiger partial charge in [0, 0.05) is 16.8 Å². The van der Waals surface area contributed by atoms with Gasteiger partial charge in [-0.25, -0.2) is 9.78 Å². The Morgan fingerprint density at radius 1 is 1.35 bits per heavy atom. The van der Waals surface area contributed by atoms with Gasteiger partial charge in [-0.2, -0.15) is 0 Å². The maximum absolute atomic E-state index is 12.1. The number of carbonyl (C=O) groups excluding carboxylic acids is 1. The lowest BCUT2D eigenvalue weighted by Gasteiger charge is -2.14. The molecule has 2 rings (SSSR count). The number of urea groups is 1. The van der Waals surface area contributed by atoms with Gasteiger partial charge in [0.25, 0.3) is 0 Å². The normalized spacial score (nSPS) is 10.8. The van der Waals surface area contributed by atoms with E-state index in [1.807, 2.05) is 45.9 Å². The molecular weight excluding hydrogens is 310 g/mol. The minimum absolute atomic E-state index is 0.178. The first-order valence-electron chi connectivity index (χ1n) is 7.62. The number of hydrogen-bond acceptors (Lipinski definition) is 4. The van der Waals surface area contributed by atoms with Crippen LogP contribution in [-0.4, -0.2) is 17.1 Å². The quantitative estimate of drug-likeness (QED) is 0.839. The summed E-state index contributed by atoms with van der Waals surface area (Å²) in [5, 5.41) is 6.74. The van der Waals surface area contributed by atoms with Crippen molar-refractivity contribution in [1.82, 2.24) is 10.3 Å². The van der Waals surface area contributed by atoms with Crippen LogP contribution in [0, 0.1) is 13.8 Å². The summed E-state index contributed by atoms with van der Waals surface area (Å²) in [5.74, 6) is 0. The van der Waals surface area contributed by atoms with Crippen molar-refractivity contribution in [3.63, 3.8) is 0 Å². The Balaban J connectivity index is 1.93. The summed E-state index contributed by atoms with van der Waals surface area (Å²) < 4.78 is 5.64. The molecule has 1 aromatic carbocycles. The van der Waals surface area contributed by atoms with Crippen LogP contribution < -0.4 is 10.6 Å². The molecule has 0 radical (unpaired) electrons. The Morgan fingerprint density at radius 2 is 2.13 bits per heavy atom. The van der Waals surface area contributed by atoms with Crippen molar-refractivity contribution in [2.45, 2.75) is 47.0 Å². The van der Waals surface area contributed by atoms with E-state index in [2.05, 4.69) is 15.6 Å². The van der Waals surface area contributed by atoms with Crippen molar-refractivity contribution in [2.75, 3.05) is 5.32 Å². The Labute approximate surface area is 141 Å². The number of ether oxygens (including phenoxy) is 1. The Morgan fingerprint density at radius 3 is 2.78 bits per heavy atom. The van der Waals surface area contributed by atoms with Crippen LogP contribution in [0.1, 0.15) is 34.9 Å². The first-order chi connectivity index (χ1) is 11.0. The first-order valence-corrected chi connectivity index (χ1v) is 8.43. The molecule has 124 valence electrons. The summed E-state index contributed by atoms with van der Waals surface area (Å²) in [7, 11) is 0. The van der Waals surface area contributed by atoms with Gasteiger partial charge in [0.15, 0.2) is 0 Å². The van der Waals surface area contributed by atoms with E-state index in [1.165, 1.54) is 0 Å². The largest absolute Gasteiger partial charge is 0.374 e. The second kappa shape index (κ2) is 8.08. The van der Waals surface area contributed by atoms with Gasteiger partial charge in [-0.3, -0.25) is 0 Å². The number of nitrogens with one attached hydrogen (secondary N) is 2. The monoisotopic (exact) mass is 333 g/mol. The minimum Gasteiger partial charge on any atom is -0.374 e. The van der Waals surface area contributed by atoms with Crippen LogP contribution in [-0.2, 0) is 17.9 Å². The molecule has 0 aliphatic heterocycles. The van der Waals surface area contributed by atoms with E-state index >= 15 is 0 Å². The molecule has 5 nitrogen and oxygen atoms in total. The predicted molar refractivity (Wildman–Crippen MR) is 93.8 cm³/mol. The zero-order chi connectivity index (χ0) is 16.8. The fourth-order valence-electron chi connectivity index (χ4n) is 2.05. The van der Waals surface area contributed by atoms with Crippen LogP contribution >= 0.6 is 11.3 Å². The van der Waals surface area contributed by atoms with Gasteiger partial charge in [-0.1, -0.05) is 12.1 Å². The molecule has 0 aliphatic carbocycles. The van der Waals surface area contributed by atoms with Crippen molar-refractivity contribution in [3.05, 3.63) is 45.4 Å². The third kappa shape index (κ3) is 5.33. The van der Waals surface area contributed by atoms with Gasteiger partial charge >= 0.3 is 6.03 Å². The Bertz CT molecular complexity index is 668. The first kappa shape index (κ1) is 17.4. The molecule has 0 spiro atoms. The van der Waals surface area contributed by atoms with Crippen molar-refractivity contribution in [3.8, 4) is 0 Å². The molecule has 0 atom stereocenters. The lowest BCUT2D eigenvalue weighted by molar-refractivity contribution is 0.0654. The summed E-state index contributed by atoms with van der Waals surface area (Å²) in [6, 6.07) is 5.61. The maximum Gasteiger partial charge on any atom is 0.319 e. The molecule has 1 heterocycles. The van der Waals surface area contributed by atoms with Gasteiger partial charge in [0.05, 0.1) is 24.3 Å². The second-order valence-corrected chi connectivity index (χ2v) is 6.92. The van der Waals surface area contributed by atoms with E-state index in [0.29, 0.717) is 13.2 Å². The number of rotatable bonds is 6. The summed E-state index contributed by atoms with van der Waals surface area (Å²) in [5.41, 5.74) is 2.90. The third-order valence-electron chi connectivity index (χ3n) is 3.36. The number of carbonyl (C=O) groups is 1. The summed E-state index contributed by atoms with van der Waals surface area (Å²) in [6.07, 6.45) is 1.97. The van der Waals surface area contributed by atoms with Crippen LogP contribution in [0.15, 0.2) is 24.4 Å². The molecule has 0 bridgehead atoms. The van der Waals surface area contributed by atoms with E-state index in [9.17, 15) is 4.79 Å². The lowest BCUT2D eigenvalue weighted by atomic mass is 10.1. The summed E-state index contributed by atoms with van der Waals surface area (Å²) in [4.78, 5) is 17.3. The number of thiazole rings is 1. The van der Waals surface area contributed by atoms with Crippen molar-refractivity contribution in [2.24, 2.45) is 0 Å². The highest BCUT2D eigenvalue weighted by Crippen LogP contribution is 2.20. The number of benzene rings is 1. The van der Waals surface area contributed by atoms with E-state index in [1.54, 1.807) is 17.5 Å². The minimum atomic E-state index is -0.221. The summed E-state index contributed by atoms with van der Waals surface area (Å²) in [6.45, 7) is 8.97. The van der Waals surface area contributed by atoms with Crippen molar-refractivity contribution >= 4 is 23.1 Å². The predicted octanol–water partition coefficient (Wildman–Crippen LogP) is 4.01. The highest BCUT2D eigenvalue weighted by molar-refractivity contribution is 7.11. The lowest BCUT2D eigenvalue weighted by Crippen LogP contribution is -2.28. The van der Waals surface area contributed by atoms with Crippen LogP contribution in [0.4, 0.5) is 10.5 Å². The number of amides is 2. The van der Waals surface area contributed by atoms with Gasteiger partial charge < -0.3 is 15.4 Å². The molecule has 6 heteroatoms. The number of anilines is 1. The zero-order valence-corrected chi connectivity index (χ0v) is 14.8. The molecule has 0 aliphatic rings. The molecule has 0 saturated carbocycles. The number of aryl methyl sites for hydroxylation is 1. The Hall–Kier alpha value is -1.92. The molecule has 0 unspecified atom stereocenters. The van der Waals surface area contributed by atoms with Gasteiger partial charge in [-0.05, 0) is 44.9 Å². The molecule has 2 N–H and O–H groups in total. The molecule has 23 heavy (non-hydrogen) atoms. The van der Waals surface area contributed by atoms with Crippen LogP contribution in [0.5, 0.6) is 0 Å². The molecule has 1 aromatic heterocycles.